The summed E-state index contributed by atoms with van der Waals surface area (Å²) in [6, 6.07) is 16.4. The Balaban J connectivity index is 0.00000420. The first-order valence-electron chi connectivity index (χ1n) is 9.41. The van der Waals surface area contributed by atoms with Crippen molar-refractivity contribution in [3.05, 3.63) is 54.1 Å². The Bertz CT molecular complexity index is 782. The van der Waals surface area contributed by atoms with Gasteiger partial charge in [0.25, 0.3) is 0 Å². The van der Waals surface area contributed by atoms with E-state index in [0.29, 0.717) is 24.0 Å². The maximum Gasteiger partial charge on any atom is 0.195 e. The topological polar surface area (TPSA) is 66.9 Å². The summed E-state index contributed by atoms with van der Waals surface area (Å²) < 4.78 is 10.6. The third kappa shape index (κ3) is 7.74. The lowest BCUT2D eigenvalue weighted by atomic mass is 10.0. The van der Waals surface area contributed by atoms with Crippen molar-refractivity contribution in [2.75, 3.05) is 33.1 Å². The Labute approximate surface area is 191 Å². The van der Waals surface area contributed by atoms with Crippen molar-refractivity contribution >= 4 is 35.6 Å². The van der Waals surface area contributed by atoms with E-state index in [2.05, 4.69) is 66.0 Å². The normalized spacial score (nSPS) is 12.6. The number of methoxy groups -OCH3 is 2. The summed E-state index contributed by atoms with van der Waals surface area (Å²) in [6.45, 7) is 7.22. The Kier molecular flexibility index (Phi) is 10.2. The highest BCUT2D eigenvalue weighted by Gasteiger charge is 2.21. The minimum absolute atomic E-state index is 0. The number of rotatable bonds is 8. The van der Waals surface area contributed by atoms with Gasteiger partial charge in [0, 0.05) is 36.9 Å². The highest BCUT2D eigenvalue weighted by atomic mass is 127. The molecule has 0 aliphatic rings. The Morgan fingerprint density at radius 3 is 2.28 bits per heavy atom. The fourth-order valence-electron chi connectivity index (χ4n) is 3.00. The van der Waals surface area contributed by atoms with E-state index < -0.39 is 0 Å². The molecule has 2 rings (SSSR count). The highest BCUT2D eigenvalue weighted by Crippen LogP contribution is 2.29. The summed E-state index contributed by atoms with van der Waals surface area (Å²) in [5, 5.41) is 10.3. The Morgan fingerprint density at radius 2 is 1.69 bits per heavy atom. The highest BCUT2D eigenvalue weighted by molar-refractivity contribution is 14.0. The van der Waals surface area contributed by atoms with Crippen molar-refractivity contribution < 1.29 is 9.47 Å². The van der Waals surface area contributed by atoms with Crippen molar-refractivity contribution in [3.63, 3.8) is 0 Å². The van der Waals surface area contributed by atoms with Crippen LogP contribution < -0.4 is 25.4 Å². The van der Waals surface area contributed by atoms with E-state index in [0.717, 1.165) is 5.69 Å². The van der Waals surface area contributed by atoms with Crippen LogP contribution in [0.1, 0.15) is 32.4 Å². The van der Waals surface area contributed by atoms with Crippen molar-refractivity contribution in [1.82, 2.24) is 10.6 Å². The number of hydrogen-bond acceptors (Lipinski definition) is 4. The van der Waals surface area contributed by atoms with Crippen LogP contribution in [0.25, 0.3) is 0 Å². The molecule has 0 saturated heterocycles. The quantitative estimate of drug-likeness (QED) is 0.277. The van der Waals surface area contributed by atoms with Crippen LogP contribution in [0.3, 0.4) is 0 Å². The molecule has 1 unspecified atom stereocenters. The van der Waals surface area contributed by atoms with E-state index in [4.69, 9.17) is 9.47 Å². The molecule has 0 saturated carbocycles. The summed E-state index contributed by atoms with van der Waals surface area (Å²) >= 11 is 0. The monoisotopic (exact) mass is 512 g/mol. The van der Waals surface area contributed by atoms with Crippen molar-refractivity contribution in [2.24, 2.45) is 4.99 Å². The summed E-state index contributed by atoms with van der Waals surface area (Å²) in [5.41, 5.74) is 2.00. The van der Waals surface area contributed by atoms with Gasteiger partial charge in [-0.1, -0.05) is 30.3 Å². The molecule has 7 heteroatoms. The fourth-order valence-corrected chi connectivity index (χ4v) is 3.00. The van der Waals surface area contributed by atoms with E-state index in [1.54, 1.807) is 21.3 Å². The number of ether oxygens (including phenoxy) is 2. The molecule has 0 fully saturated rings. The first-order valence-corrected chi connectivity index (χ1v) is 9.41. The van der Waals surface area contributed by atoms with Gasteiger partial charge >= 0.3 is 0 Å². The molecular formula is C22H33IN4O2. The van der Waals surface area contributed by atoms with E-state index in [-0.39, 0.29) is 35.6 Å². The van der Waals surface area contributed by atoms with Gasteiger partial charge in [0.05, 0.1) is 14.2 Å². The van der Waals surface area contributed by atoms with Crippen molar-refractivity contribution in [1.29, 1.82) is 0 Å². The largest absolute Gasteiger partial charge is 0.493 e. The molecule has 2 aromatic rings. The van der Waals surface area contributed by atoms with Gasteiger partial charge in [-0.25, -0.2) is 0 Å². The molecule has 0 heterocycles. The number of halogens is 1. The number of hydrogen-bond donors (Lipinski definition) is 3. The molecule has 29 heavy (non-hydrogen) atoms. The van der Waals surface area contributed by atoms with Crippen LogP contribution in [0.4, 0.5) is 5.69 Å². The third-order valence-electron chi connectivity index (χ3n) is 4.47. The lowest BCUT2D eigenvalue weighted by Crippen LogP contribution is -2.50. The predicted octanol–water partition coefficient (Wildman–Crippen LogP) is 4.44. The van der Waals surface area contributed by atoms with Gasteiger partial charge in [-0.05, 0) is 38.5 Å². The van der Waals surface area contributed by atoms with Gasteiger partial charge in [-0.15, -0.1) is 24.0 Å². The van der Waals surface area contributed by atoms with Crippen LogP contribution >= 0.6 is 24.0 Å². The van der Waals surface area contributed by atoms with Gasteiger partial charge in [0.1, 0.15) is 0 Å². The smallest absolute Gasteiger partial charge is 0.195 e. The van der Waals surface area contributed by atoms with Crippen LogP contribution in [0.2, 0.25) is 0 Å². The predicted molar refractivity (Wildman–Crippen MR) is 132 cm³/mol. The van der Waals surface area contributed by atoms with Gasteiger partial charge in [0.15, 0.2) is 17.5 Å². The first kappa shape index (κ1) is 25.0. The zero-order chi connectivity index (χ0) is 20.6. The molecule has 0 radical (unpaired) electrons. The van der Waals surface area contributed by atoms with Gasteiger partial charge in [-0.2, -0.15) is 0 Å². The number of nitrogens with zero attached hydrogens (tertiary/aromatic N) is 1. The molecule has 160 valence electrons. The zero-order valence-electron chi connectivity index (χ0n) is 18.1. The maximum absolute atomic E-state index is 5.36. The summed E-state index contributed by atoms with van der Waals surface area (Å²) in [5.74, 6) is 2.05. The van der Waals surface area contributed by atoms with Crippen molar-refractivity contribution in [2.45, 2.75) is 32.4 Å². The molecule has 0 aliphatic carbocycles. The van der Waals surface area contributed by atoms with E-state index in [9.17, 15) is 0 Å². The van der Waals surface area contributed by atoms with E-state index >= 15 is 0 Å². The van der Waals surface area contributed by atoms with Crippen LogP contribution in [-0.4, -0.2) is 39.3 Å². The number of guanidine groups is 1. The molecule has 0 amide bonds. The second-order valence-corrected chi connectivity index (χ2v) is 7.28. The fraction of sp³-hybridized carbons (Fsp3) is 0.409. The lowest BCUT2D eigenvalue weighted by molar-refractivity contribution is 0.346. The Morgan fingerprint density at radius 1 is 1.03 bits per heavy atom. The molecule has 0 aromatic heterocycles. The third-order valence-corrected chi connectivity index (χ3v) is 4.47. The molecule has 0 aliphatic heterocycles. The van der Waals surface area contributed by atoms with E-state index in [1.165, 1.54) is 5.56 Å². The lowest BCUT2D eigenvalue weighted by Gasteiger charge is -2.31. The van der Waals surface area contributed by atoms with E-state index in [1.807, 2.05) is 24.3 Å². The summed E-state index contributed by atoms with van der Waals surface area (Å²) in [4.78, 5) is 4.32. The van der Waals surface area contributed by atoms with Crippen LogP contribution in [-0.2, 0) is 0 Å². The average Bonchev–Trinajstić information content (AvgIpc) is 2.71. The van der Waals surface area contributed by atoms with Crippen molar-refractivity contribution in [3.8, 4) is 11.5 Å². The molecule has 2 aromatic carbocycles. The number of anilines is 1. The second kappa shape index (κ2) is 11.9. The molecular weight excluding hydrogens is 479 g/mol. The Hall–Kier alpha value is -2.00. The van der Waals surface area contributed by atoms with Gasteiger partial charge in [0.2, 0.25) is 0 Å². The molecule has 0 bridgehead atoms. The van der Waals surface area contributed by atoms with Gasteiger partial charge in [-0.3, -0.25) is 4.99 Å². The number of nitrogens with one attached hydrogen (secondary N) is 3. The number of benzene rings is 2. The van der Waals surface area contributed by atoms with Gasteiger partial charge < -0.3 is 25.4 Å². The standard InChI is InChI=1S/C22H32N4O2.HI/c1-16(17-10-8-7-9-11-17)26-22(2,3)15-24-21(23-4)25-18-12-13-19(27-5)20(14-18)28-6;/h7-14,16,26H,15H2,1-6H3,(H2,23,24,25);1H. The molecule has 0 spiro atoms. The van der Waals surface area contributed by atoms with Crippen LogP contribution in [0.15, 0.2) is 53.5 Å². The van der Waals surface area contributed by atoms with Crippen LogP contribution in [0.5, 0.6) is 11.5 Å². The zero-order valence-corrected chi connectivity index (χ0v) is 20.4. The van der Waals surface area contributed by atoms with Crippen LogP contribution in [0, 0.1) is 0 Å². The second-order valence-electron chi connectivity index (χ2n) is 7.28. The molecule has 1 atom stereocenters. The summed E-state index contributed by atoms with van der Waals surface area (Å²) in [7, 11) is 5.00. The summed E-state index contributed by atoms with van der Waals surface area (Å²) in [6.07, 6.45) is 0. The molecule has 6 nitrogen and oxygen atoms in total. The minimum Gasteiger partial charge on any atom is -0.493 e. The average molecular weight is 512 g/mol. The minimum atomic E-state index is -0.134. The molecule has 3 N–H and O–H groups in total. The SMILES string of the molecule is CN=C(NCC(C)(C)NC(C)c1ccccc1)Nc1ccc(OC)c(OC)c1.I. The number of aliphatic imine (C=N–C) groups is 1. The maximum atomic E-state index is 5.36. The first-order chi connectivity index (χ1) is 13.4.